The fourth-order valence-corrected chi connectivity index (χ4v) is 5.89. The first-order chi connectivity index (χ1) is 19.0. The molecule has 2 atom stereocenters. The van der Waals surface area contributed by atoms with Crippen molar-refractivity contribution in [3.63, 3.8) is 0 Å². The number of carbonyl (C=O) groups excluding carboxylic acids is 1. The quantitative estimate of drug-likeness (QED) is 0.375. The van der Waals surface area contributed by atoms with E-state index in [0.717, 1.165) is 42.5 Å². The van der Waals surface area contributed by atoms with Crippen LogP contribution in [0.2, 0.25) is 0 Å². The molecule has 1 saturated carbocycles. The Morgan fingerprint density at radius 1 is 1.17 bits per heavy atom. The Bertz CT molecular complexity index is 1440. The highest BCUT2D eigenvalue weighted by molar-refractivity contribution is 7.92. The molecule has 0 radical (unpaired) electrons. The predicted octanol–water partition coefficient (Wildman–Crippen LogP) is 5.18. The van der Waals surface area contributed by atoms with Gasteiger partial charge in [0.1, 0.15) is 11.9 Å². The number of amides is 1. The number of anilines is 2. The second-order valence-electron chi connectivity index (χ2n) is 10.3. The van der Waals surface area contributed by atoms with Gasteiger partial charge < -0.3 is 19.3 Å². The minimum atomic E-state index is -4.85. The molecule has 2 N–H and O–H groups in total. The maximum atomic E-state index is 14.0. The van der Waals surface area contributed by atoms with Gasteiger partial charge in [0, 0.05) is 11.8 Å². The fraction of sp³-hybridized carbons (Fsp3) is 0.462. The number of carboxylic acids is 1. The summed E-state index contributed by atoms with van der Waals surface area (Å²) in [6.07, 6.45) is -5.69. The second-order valence-corrected chi connectivity index (χ2v) is 12.2. The Labute approximate surface area is 233 Å². The van der Waals surface area contributed by atoms with Gasteiger partial charge in [0.15, 0.2) is 11.6 Å². The van der Waals surface area contributed by atoms with Gasteiger partial charge in [-0.15, -0.1) is 0 Å². The van der Waals surface area contributed by atoms with Crippen molar-refractivity contribution in [1.29, 1.82) is 0 Å². The predicted molar refractivity (Wildman–Crippen MR) is 137 cm³/mol. The number of rotatable bonds is 9. The smallest absolute Gasteiger partial charge is 0.427 e. The summed E-state index contributed by atoms with van der Waals surface area (Å²) in [7, 11) is -3.28. The highest BCUT2D eigenvalue weighted by Crippen LogP contribution is 2.44. The van der Waals surface area contributed by atoms with Gasteiger partial charge in [-0.3, -0.25) is 14.4 Å². The summed E-state index contributed by atoms with van der Waals surface area (Å²) in [4.78, 5) is 23.8. The van der Waals surface area contributed by atoms with Crippen LogP contribution >= 0.6 is 0 Å². The first kappa shape index (κ1) is 30.2. The summed E-state index contributed by atoms with van der Waals surface area (Å²) in [5.74, 6) is -2.95. The van der Waals surface area contributed by atoms with Crippen molar-refractivity contribution in [1.82, 2.24) is 0 Å². The largest absolute Gasteiger partial charge is 0.494 e. The van der Waals surface area contributed by atoms with Crippen LogP contribution in [-0.2, 0) is 19.6 Å². The van der Waals surface area contributed by atoms with Crippen LogP contribution in [0.5, 0.6) is 11.5 Å². The number of methoxy groups -OCH3 is 1. The van der Waals surface area contributed by atoms with E-state index in [4.69, 9.17) is 9.47 Å². The van der Waals surface area contributed by atoms with Gasteiger partial charge in [-0.25, -0.2) is 17.6 Å². The summed E-state index contributed by atoms with van der Waals surface area (Å²) in [5.41, 5.74) is -3.00. The lowest BCUT2D eigenvalue weighted by Crippen LogP contribution is -2.45. The molecule has 1 amide bonds. The van der Waals surface area contributed by atoms with E-state index in [9.17, 15) is 40.7 Å². The number of halogens is 4. The first-order valence-electron chi connectivity index (χ1n) is 12.5. The zero-order valence-corrected chi connectivity index (χ0v) is 23.0. The van der Waals surface area contributed by atoms with Crippen molar-refractivity contribution in [2.45, 2.75) is 55.9 Å². The molecule has 1 heterocycles. The lowest BCUT2D eigenvalue weighted by atomic mass is 9.95. The van der Waals surface area contributed by atoms with Gasteiger partial charge in [0.25, 0.3) is 10.0 Å². The average Bonchev–Trinajstić information content (AvgIpc) is 3.71. The molecule has 0 spiro atoms. The van der Waals surface area contributed by atoms with E-state index < -0.39 is 51.7 Å². The molecular weight excluding hydrogens is 576 g/mol. The highest BCUT2D eigenvalue weighted by Gasteiger charge is 2.51. The molecule has 15 heteroatoms. The third-order valence-electron chi connectivity index (χ3n) is 6.90. The minimum absolute atomic E-state index is 0.0110. The Kier molecular flexibility index (Phi) is 8.04. The lowest BCUT2D eigenvalue weighted by Gasteiger charge is -2.36. The number of alkyl halides is 3. The number of ether oxygens (including phenoxy) is 3. The van der Waals surface area contributed by atoms with Crippen molar-refractivity contribution in [3.8, 4) is 11.5 Å². The van der Waals surface area contributed by atoms with Crippen LogP contribution in [0.3, 0.4) is 0 Å². The molecule has 41 heavy (non-hydrogen) atoms. The molecule has 2 aromatic rings. The van der Waals surface area contributed by atoms with Crippen LogP contribution < -0.4 is 19.1 Å². The monoisotopic (exact) mass is 604 g/mol. The number of sulfonamides is 1. The van der Waals surface area contributed by atoms with Crippen LogP contribution in [0.4, 0.5) is 33.7 Å². The minimum Gasteiger partial charge on any atom is -0.494 e. The van der Waals surface area contributed by atoms with Crippen LogP contribution in [0, 0.1) is 17.7 Å². The first-order valence-corrected chi connectivity index (χ1v) is 13.9. The number of aliphatic carboxylic acids is 1. The zero-order valence-electron chi connectivity index (χ0n) is 22.2. The molecule has 1 aliphatic carbocycles. The number of nitrogens with one attached hydrogen (secondary N) is 1. The number of hydrogen-bond donors (Lipinski definition) is 2. The number of carbonyl (C=O) groups is 2. The Balaban J connectivity index is 1.69. The number of carboxylic acid groups (broad SMARTS) is 1. The van der Waals surface area contributed by atoms with E-state index in [2.05, 4.69) is 10.1 Å². The van der Waals surface area contributed by atoms with Crippen LogP contribution in [-0.4, -0.2) is 57.1 Å². The van der Waals surface area contributed by atoms with Crippen molar-refractivity contribution in [2.75, 3.05) is 23.3 Å². The Hall–Kier alpha value is -3.75. The molecule has 2 aromatic carbocycles. The van der Waals surface area contributed by atoms with E-state index >= 15 is 0 Å². The molecule has 1 aliphatic heterocycles. The van der Waals surface area contributed by atoms with E-state index in [-0.39, 0.29) is 46.7 Å². The molecule has 1 fully saturated rings. The fourth-order valence-electron chi connectivity index (χ4n) is 4.38. The molecule has 0 aromatic heterocycles. The SMILES string of the molecule is COc1cc(S(=O)(=O)N2C[C@H](C[C@@H](C(=O)O)C3CC3)Oc3ccc(NC(=O)OC(C)(C)C(F)(F)F)cc32)ccc1F. The van der Waals surface area contributed by atoms with Crippen molar-refractivity contribution >= 4 is 33.5 Å². The van der Waals surface area contributed by atoms with E-state index in [0.29, 0.717) is 13.8 Å². The Morgan fingerprint density at radius 2 is 1.85 bits per heavy atom. The summed E-state index contributed by atoms with van der Waals surface area (Å²) in [6, 6.07) is 6.66. The van der Waals surface area contributed by atoms with Gasteiger partial charge in [0.05, 0.1) is 30.2 Å². The van der Waals surface area contributed by atoms with Crippen LogP contribution in [0.1, 0.15) is 33.1 Å². The molecule has 224 valence electrons. The molecular formula is C26H28F4N2O8S. The number of fused-ring (bicyclic) bond motifs is 1. The summed E-state index contributed by atoms with van der Waals surface area (Å²) >= 11 is 0. The van der Waals surface area contributed by atoms with Crippen molar-refractivity contribution in [2.24, 2.45) is 11.8 Å². The normalized spacial score (nSPS) is 18.1. The Morgan fingerprint density at radius 3 is 2.44 bits per heavy atom. The summed E-state index contributed by atoms with van der Waals surface area (Å²) < 4.78 is 97.4. The maximum absolute atomic E-state index is 14.0. The van der Waals surface area contributed by atoms with E-state index in [1.807, 2.05) is 0 Å². The second kappa shape index (κ2) is 10.9. The molecule has 0 bridgehead atoms. The topological polar surface area (TPSA) is 131 Å². The average molecular weight is 605 g/mol. The van der Waals surface area contributed by atoms with Gasteiger partial charge in [0.2, 0.25) is 5.60 Å². The third kappa shape index (κ3) is 6.44. The molecule has 0 unspecified atom stereocenters. The van der Waals surface area contributed by atoms with Gasteiger partial charge in [-0.05, 0) is 69.4 Å². The zero-order chi connectivity index (χ0) is 30.3. The van der Waals surface area contributed by atoms with Gasteiger partial charge in [-0.1, -0.05) is 0 Å². The molecule has 10 nitrogen and oxygen atoms in total. The van der Waals surface area contributed by atoms with Gasteiger partial charge >= 0.3 is 18.2 Å². The lowest BCUT2D eigenvalue weighted by molar-refractivity contribution is -0.242. The summed E-state index contributed by atoms with van der Waals surface area (Å²) in [5, 5.41) is 11.8. The number of nitrogens with zero attached hydrogens (tertiary/aromatic N) is 1. The van der Waals surface area contributed by atoms with Crippen LogP contribution in [0.15, 0.2) is 41.3 Å². The summed E-state index contributed by atoms with van der Waals surface area (Å²) in [6.45, 7) is 1.01. The molecule has 4 rings (SSSR count). The van der Waals surface area contributed by atoms with E-state index in [1.54, 1.807) is 0 Å². The number of benzene rings is 2. The van der Waals surface area contributed by atoms with Gasteiger partial charge in [-0.2, -0.15) is 13.2 Å². The standard InChI is InChI=1S/C26H28F4N2O8S/c1-25(2,26(28,29)30)40-24(35)31-15-6-9-21-20(10-15)32(13-16(39-21)11-18(23(33)34)14-4-5-14)41(36,37)17-7-8-19(27)22(12-17)38-3/h6-10,12,14,16,18H,4-5,11,13H2,1-3H3,(H,31,35)(H,33,34)/t16-,18+/m0/s1. The molecule has 0 saturated heterocycles. The highest BCUT2D eigenvalue weighted by atomic mass is 32.2. The van der Waals surface area contributed by atoms with Crippen LogP contribution in [0.25, 0.3) is 0 Å². The molecule has 2 aliphatic rings. The third-order valence-corrected chi connectivity index (χ3v) is 8.68. The van der Waals surface area contributed by atoms with E-state index in [1.165, 1.54) is 18.2 Å². The maximum Gasteiger partial charge on any atom is 0.427 e. The van der Waals surface area contributed by atoms with Crippen molar-refractivity contribution < 1.29 is 54.9 Å². The number of hydrogen-bond acceptors (Lipinski definition) is 7. The van der Waals surface area contributed by atoms with Crippen molar-refractivity contribution in [3.05, 3.63) is 42.2 Å².